The number of hydrogen-bond donors (Lipinski definition) is 0. The average Bonchev–Trinajstić information content (AvgIpc) is 2.96. The van der Waals surface area contributed by atoms with Crippen LogP contribution in [0, 0.1) is 6.92 Å². The third-order valence-electron chi connectivity index (χ3n) is 4.04. The van der Waals surface area contributed by atoms with Crippen LogP contribution in [0.2, 0.25) is 0 Å². The molecule has 112 valence electrons. The largest absolute Gasteiger partial charge is 0.485 e. The van der Waals surface area contributed by atoms with Crippen LogP contribution in [-0.2, 0) is 17.9 Å². The number of carbonyl (C=O) groups is 1. The van der Waals surface area contributed by atoms with Crippen LogP contribution >= 0.6 is 0 Å². The molecular formula is C17H16N2O3. The third kappa shape index (κ3) is 2.19. The summed E-state index contributed by atoms with van der Waals surface area (Å²) in [6, 6.07) is 9.46. The van der Waals surface area contributed by atoms with Crippen molar-refractivity contribution in [3.63, 3.8) is 0 Å². The van der Waals surface area contributed by atoms with E-state index in [4.69, 9.17) is 9.47 Å². The Morgan fingerprint density at radius 3 is 2.86 bits per heavy atom. The Labute approximate surface area is 128 Å². The lowest BCUT2D eigenvalue weighted by molar-refractivity contribution is -0.141. The fraction of sp³-hybridized carbons (Fsp3) is 0.294. The molecule has 2 aromatic rings. The van der Waals surface area contributed by atoms with Gasteiger partial charge in [-0.1, -0.05) is 12.1 Å². The second-order valence-corrected chi connectivity index (χ2v) is 5.65. The summed E-state index contributed by atoms with van der Waals surface area (Å²) in [7, 11) is 0. The fourth-order valence-corrected chi connectivity index (χ4v) is 2.90. The first-order chi connectivity index (χ1) is 10.7. The van der Waals surface area contributed by atoms with E-state index in [2.05, 4.69) is 4.98 Å². The summed E-state index contributed by atoms with van der Waals surface area (Å²) in [5.41, 5.74) is 3.24. The summed E-state index contributed by atoms with van der Waals surface area (Å²) < 4.78 is 11.4. The summed E-state index contributed by atoms with van der Waals surface area (Å²) in [5.74, 6) is 1.28. The molecule has 22 heavy (non-hydrogen) atoms. The molecule has 1 aromatic heterocycles. The highest BCUT2D eigenvalue weighted by molar-refractivity contribution is 5.82. The number of hydrogen-bond acceptors (Lipinski definition) is 4. The average molecular weight is 296 g/mol. The van der Waals surface area contributed by atoms with Crippen LogP contribution in [0.3, 0.4) is 0 Å². The van der Waals surface area contributed by atoms with Gasteiger partial charge in [-0.15, -0.1) is 0 Å². The molecule has 4 rings (SSSR count). The van der Waals surface area contributed by atoms with Gasteiger partial charge in [0, 0.05) is 25.0 Å². The quantitative estimate of drug-likeness (QED) is 0.808. The van der Waals surface area contributed by atoms with Gasteiger partial charge in [0.2, 0.25) is 6.10 Å². The van der Waals surface area contributed by atoms with Crippen molar-refractivity contribution < 1.29 is 14.3 Å². The lowest BCUT2D eigenvalue weighted by Crippen LogP contribution is -2.44. The third-order valence-corrected chi connectivity index (χ3v) is 4.04. The van der Waals surface area contributed by atoms with Crippen LogP contribution < -0.4 is 9.47 Å². The molecule has 1 aromatic carbocycles. The molecule has 2 aliphatic rings. The van der Waals surface area contributed by atoms with Gasteiger partial charge >= 0.3 is 0 Å². The number of aromatic nitrogens is 1. The summed E-state index contributed by atoms with van der Waals surface area (Å²) in [6.07, 6.45) is 1.27. The molecule has 0 aliphatic carbocycles. The van der Waals surface area contributed by atoms with Gasteiger partial charge < -0.3 is 14.4 Å². The van der Waals surface area contributed by atoms with Gasteiger partial charge in [-0.2, -0.15) is 0 Å². The molecule has 3 heterocycles. The Hall–Kier alpha value is -2.56. The number of pyridine rings is 1. The first-order valence-electron chi connectivity index (χ1n) is 7.32. The van der Waals surface area contributed by atoms with Crippen molar-refractivity contribution in [3.8, 4) is 11.5 Å². The molecule has 1 amide bonds. The minimum absolute atomic E-state index is 0.0386. The van der Waals surface area contributed by atoms with Gasteiger partial charge in [0.15, 0.2) is 11.5 Å². The maximum absolute atomic E-state index is 12.7. The van der Waals surface area contributed by atoms with E-state index in [1.807, 2.05) is 43.5 Å². The highest BCUT2D eigenvalue weighted by Crippen LogP contribution is 2.32. The minimum atomic E-state index is -0.585. The number of carbonyl (C=O) groups excluding carboxylic acids is 1. The summed E-state index contributed by atoms with van der Waals surface area (Å²) in [6.45, 7) is 3.40. The fourth-order valence-electron chi connectivity index (χ4n) is 2.90. The van der Waals surface area contributed by atoms with E-state index in [0.29, 0.717) is 24.6 Å². The molecule has 0 bridgehead atoms. The van der Waals surface area contributed by atoms with Crippen LogP contribution in [0.25, 0.3) is 0 Å². The zero-order chi connectivity index (χ0) is 15.1. The summed E-state index contributed by atoms with van der Waals surface area (Å²) in [4.78, 5) is 18.8. The maximum atomic E-state index is 12.7. The highest BCUT2D eigenvalue weighted by atomic mass is 16.6. The molecular weight excluding hydrogens is 280 g/mol. The molecule has 0 saturated heterocycles. The Morgan fingerprint density at radius 1 is 1.23 bits per heavy atom. The molecule has 0 radical (unpaired) electrons. The number of rotatable bonds is 1. The van der Waals surface area contributed by atoms with Crippen LogP contribution in [0.15, 0.2) is 36.5 Å². The highest BCUT2D eigenvalue weighted by Gasteiger charge is 2.33. The lowest BCUT2D eigenvalue weighted by atomic mass is 10.2. The van der Waals surface area contributed by atoms with Gasteiger partial charge in [-0.3, -0.25) is 9.78 Å². The monoisotopic (exact) mass is 296 g/mol. The van der Waals surface area contributed by atoms with E-state index in [9.17, 15) is 4.79 Å². The Balaban J connectivity index is 1.50. The number of fused-ring (bicyclic) bond motifs is 2. The number of ether oxygens (including phenoxy) is 2. The van der Waals surface area contributed by atoms with E-state index in [0.717, 1.165) is 16.8 Å². The molecule has 5 heteroatoms. The van der Waals surface area contributed by atoms with E-state index < -0.39 is 6.10 Å². The van der Waals surface area contributed by atoms with E-state index >= 15 is 0 Å². The SMILES string of the molecule is Cc1cc2c(cn1)CN(C(=O)C1COc3ccccc3O1)C2. The van der Waals surface area contributed by atoms with E-state index in [1.165, 1.54) is 0 Å². The number of nitrogens with zero attached hydrogens (tertiary/aromatic N) is 2. The standard InChI is InChI=1S/C17H16N2O3/c1-11-6-12-8-19(9-13(12)7-18-11)17(20)16-10-21-14-4-2-3-5-15(14)22-16/h2-7,16H,8-10H2,1H3. The smallest absolute Gasteiger partial charge is 0.267 e. The topological polar surface area (TPSA) is 51.7 Å². The van der Waals surface area contributed by atoms with Crippen molar-refractivity contribution >= 4 is 5.91 Å². The molecule has 1 unspecified atom stereocenters. The molecule has 0 N–H and O–H groups in total. The second kappa shape index (κ2) is 5.02. The van der Waals surface area contributed by atoms with Crippen LogP contribution in [0.4, 0.5) is 0 Å². The number of para-hydroxylation sites is 2. The first kappa shape index (κ1) is 13.1. The van der Waals surface area contributed by atoms with Crippen LogP contribution in [0.5, 0.6) is 11.5 Å². The molecule has 1 atom stereocenters. The number of amides is 1. The molecule has 0 spiro atoms. The minimum Gasteiger partial charge on any atom is -0.485 e. The molecule has 2 aliphatic heterocycles. The summed E-state index contributed by atoms with van der Waals surface area (Å²) >= 11 is 0. The van der Waals surface area contributed by atoms with E-state index in [-0.39, 0.29) is 12.5 Å². The van der Waals surface area contributed by atoms with Crippen molar-refractivity contribution in [2.45, 2.75) is 26.1 Å². The zero-order valence-electron chi connectivity index (χ0n) is 12.3. The van der Waals surface area contributed by atoms with Crippen molar-refractivity contribution in [2.24, 2.45) is 0 Å². The van der Waals surface area contributed by atoms with E-state index in [1.54, 1.807) is 4.90 Å². The van der Waals surface area contributed by atoms with Crippen molar-refractivity contribution in [1.29, 1.82) is 0 Å². The Bertz CT molecular complexity index is 744. The summed E-state index contributed by atoms with van der Waals surface area (Å²) in [5, 5.41) is 0. The maximum Gasteiger partial charge on any atom is 0.267 e. The molecule has 0 fully saturated rings. The van der Waals surface area contributed by atoms with Gasteiger partial charge in [-0.05, 0) is 36.2 Å². The van der Waals surface area contributed by atoms with Crippen molar-refractivity contribution in [3.05, 3.63) is 53.3 Å². The Morgan fingerprint density at radius 2 is 2.00 bits per heavy atom. The lowest BCUT2D eigenvalue weighted by Gasteiger charge is -2.28. The van der Waals surface area contributed by atoms with Crippen molar-refractivity contribution in [2.75, 3.05) is 6.61 Å². The number of benzene rings is 1. The van der Waals surface area contributed by atoms with Crippen LogP contribution in [-0.4, -0.2) is 28.5 Å². The van der Waals surface area contributed by atoms with Gasteiger partial charge in [0.05, 0.1) is 0 Å². The van der Waals surface area contributed by atoms with Crippen molar-refractivity contribution in [1.82, 2.24) is 9.88 Å². The Kier molecular flexibility index (Phi) is 2.99. The van der Waals surface area contributed by atoms with Gasteiger partial charge in [0.25, 0.3) is 5.91 Å². The normalized spacial score (nSPS) is 19.0. The number of aryl methyl sites for hydroxylation is 1. The predicted octanol–water partition coefficient (Wildman–Crippen LogP) is 2.07. The first-order valence-corrected chi connectivity index (χ1v) is 7.32. The zero-order valence-corrected chi connectivity index (χ0v) is 12.3. The molecule has 5 nitrogen and oxygen atoms in total. The van der Waals surface area contributed by atoms with Gasteiger partial charge in [0.1, 0.15) is 6.61 Å². The predicted molar refractivity (Wildman–Crippen MR) is 79.6 cm³/mol. The van der Waals surface area contributed by atoms with Crippen LogP contribution in [0.1, 0.15) is 16.8 Å². The van der Waals surface area contributed by atoms with Gasteiger partial charge in [-0.25, -0.2) is 0 Å². The second-order valence-electron chi connectivity index (χ2n) is 5.65. The molecule has 0 saturated carbocycles.